The van der Waals surface area contributed by atoms with E-state index in [0.29, 0.717) is 39.6 Å². The summed E-state index contributed by atoms with van der Waals surface area (Å²) < 4.78 is 53.9. The van der Waals surface area contributed by atoms with Crippen molar-refractivity contribution in [1.29, 1.82) is 0 Å². The lowest BCUT2D eigenvalue weighted by atomic mass is 9.93. The third-order valence-electron chi connectivity index (χ3n) is 6.12. The highest BCUT2D eigenvalue weighted by molar-refractivity contribution is 6.72. The molecule has 0 aromatic rings. The minimum atomic E-state index is -1.59. The molecule has 1 atom stereocenters. The minimum absolute atomic E-state index is 0.0927. The predicted molar refractivity (Wildman–Crippen MR) is 252 cm³/mol. The molecule has 0 fully saturated rings. The van der Waals surface area contributed by atoms with Gasteiger partial charge in [-0.15, -0.1) is 0 Å². The average Bonchev–Trinajstić information content (AvgIpc) is 2.86. The first-order valence-electron chi connectivity index (χ1n) is 19.7. The van der Waals surface area contributed by atoms with Gasteiger partial charge in [-0.25, -0.2) is 0 Å². The average molecular weight is 896 g/mol. The maximum atomic E-state index is 6.21. The fourth-order valence-electron chi connectivity index (χ4n) is 3.97. The summed E-state index contributed by atoms with van der Waals surface area (Å²) in [6.07, 6.45) is 0.341. The van der Waals surface area contributed by atoms with Crippen molar-refractivity contribution < 1.29 is 40.1 Å². The fourth-order valence-corrected chi connectivity index (χ4v) is 10.7. The molecule has 0 aliphatic rings. The molecule has 0 saturated heterocycles. The zero-order valence-corrected chi connectivity index (χ0v) is 48.3. The molecule has 0 aromatic heterocycles. The van der Waals surface area contributed by atoms with E-state index >= 15 is 0 Å². The molecule has 0 aliphatic carbocycles. The zero-order valence-electron chi connectivity index (χ0n) is 40.3. The first-order chi connectivity index (χ1) is 23.1. The Labute approximate surface area is 340 Å². The zero-order chi connectivity index (χ0) is 43.0. The van der Waals surface area contributed by atoms with Crippen LogP contribution in [0, 0.1) is 5.41 Å². The molecular formula is C36H94O9Si8. The second kappa shape index (κ2) is 24.5. The maximum absolute atomic E-state index is 6.21. The molecule has 53 heavy (non-hydrogen) atoms. The van der Waals surface area contributed by atoms with E-state index in [1.54, 1.807) is 7.11 Å². The van der Waals surface area contributed by atoms with Gasteiger partial charge in [-0.3, -0.25) is 0 Å². The van der Waals surface area contributed by atoms with Crippen LogP contribution in [0.25, 0.3) is 0 Å². The van der Waals surface area contributed by atoms with Gasteiger partial charge in [0.2, 0.25) is 0 Å². The van der Waals surface area contributed by atoms with Gasteiger partial charge in [-0.2, -0.15) is 0 Å². The van der Waals surface area contributed by atoms with E-state index in [2.05, 4.69) is 164 Å². The number of hydrogen-bond acceptors (Lipinski definition) is 9. The van der Waals surface area contributed by atoms with Crippen molar-refractivity contribution in [2.24, 2.45) is 5.41 Å². The van der Waals surface area contributed by atoms with Crippen molar-refractivity contribution in [3.8, 4) is 0 Å². The molecule has 0 saturated carbocycles. The van der Waals surface area contributed by atoms with Gasteiger partial charge >= 0.3 is 0 Å². The maximum Gasteiger partial charge on any atom is 0.184 e. The van der Waals surface area contributed by atoms with E-state index in [-0.39, 0.29) is 17.6 Å². The normalized spacial score (nSPS) is 14.8. The lowest BCUT2D eigenvalue weighted by Gasteiger charge is -2.38. The van der Waals surface area contributed by atoms with Crippen molar-refractivity contribution in [1.82, 2.24) is 0 Å². The van der Waals surface area contributed by atoms with Gasteiger partial charge in [0.1, 0.15) is 0 Å². The van der Waals surface area contributed by atoms with Crippen molar-refractivity contribution in [3.05, 3.63) is 0 Å². The van der Waals surface area contributed by atoms with Crippen LogP contribution in [0.5, 0.6) is 0 Å². The Morgan fingerprint density at radius 3 is 0.830 bits per heavy atom. The van der Waals surface area contributed by atoms with E-state index in [9.17, 15) is 0 Å². The Bertz CT molecular complexity index is 873. The van der Waals surface area contributed by atoms with E-state index in [1.165, 1.54) is 0 Å². The topological polar surface area (TPSA) is 83.1 Å². The van der Waals surface area contributed by atoms with Crippen LogP contribution in [0.3, 0.4) is 0 Å². The summed E-state index contributed by atoms with van der Waals surface area (Å²) in [5.41, 5.74) is -0.213. The fraction of sp³-hybridized carbons (Fsp3) is 1.00. The summed E-state index contributed by atoms with van der Waals surface area (Å²) in [6.45, 7) is 59.7. The molecule has 0 N–H and O–H groups in total. The van der Waals surface area contributed by atoms with Crippen LogP contribution in [0.4, 0.5) is 0 Å². The van der Waals surface area contributed by atoms with Gasteiger partial charge in [0.05, 0.1) is 44.1 Å². The number of ether oxygens (including phenoxy) is 1. The van der Waals surface area contributed by atoms with Gasteiger partial charge in [0.15, 0.2) is 66.5 Å². The molecule has 324 valence electrons. The largest absolute Gasteiger partial charge is 0.417 e. The van der Waals surface area contributed by atoms with Gasteiger partial charge in [0, 0.05) is 26.9 Å². The van der Waals surface area contributed by atoms with Crippen molar-refractivity contribution in [2.75, 3.05) is 53.4 Å². The number of methoxy groups -OCH3 is 1. The van der Waals surface area contributed by atoms with E-state index in [1.807, 2.05) is 0 Å². The lowest BCUT2D eigenvalue weighted by Crippen LogP contribution is -2.48. The molecule has 9 nitrogen and oxygen atoms in total. The van der Waals surface area contributed by atoms with Crippen LogP contribution in [0.15, 0.2) is 0 Å². The van der Waals surface area contributed by atoms with Gasteiger partial charge in [-0.1, -0.05) is 0 Å². The summed E-state index contributed by atoms with van der Waals surface area (Å²) in [6, 6.07) is 0. The van der Waals surface area contributed by atoms with E-state index < -0.39 is 66.5 Å². The molecule has 0 amide bonds. The SMILES string of the molecule is CC(CO[Si](C)(C)C)O[Si](C)(C)C.COCC(CO[Si](C)(C)C)(CO[Si](C)(C)C)CO[Si](C)(C)C.C[Si](C)(C)OCC(CO[Si](C)(C)C)O[Si](C)(C)C. The summed E-state index contributed by atoms with van der Waals surface area (Å²) in [7, 11) is -10.3. The summed E-state index contributed by atoms with van der Waals surface area (Å²) in [5, 5.41) is 0. The molecule has 0 aliphatic heterocycles. The third-order valence-corrected chi connectivity index (χ3v) is 14.4. The highest BCUT2D eigenvalue weighted by Crippen LogP contribution is 2.26. The molecule has 0 radical (unpaired) electrons. The Morgan fingerprint density at radius 1 is 0.340 bits per heavy atom. The Morgan fingerprint density at radius 2 is 0.604 bits per heavy atom. The van der Waals surface area contributed by atoms with Crippen LogP contribution in [-0.4, -0.2) is 132 Å². The quantitative estimate of drug-likeness (QED) is 0.0880. The number of hydrogen-bond donors (Lipinski definition) is 0. The molecule has 0 aromatic carbocycles. The van der Waals surface area contributed by atoms with Crippen LogP contribution < -0.4 is 0 Å². The van der Waals surface area contributed by atoms with Gasteiger partial charge in [-0.05, 0) is 164 Å². The highest BCUT2D eigenvalue weighted by Gasteiger charge is 2.37. The van der Waals surface area contributed by atoms with Crippen molar-refractivity contribution in [2.45, 2.75) is 176 Å². The molecule has 1 unspecified atom stereocenters. The Balaban J connectivity index is -0.000000732. The van der Waals surface area contributed by atoms with E-state index in [0.717, 1.165) is 6.61 Å². The summed E-state index contributed by atoms with van der Waals surface area (Å²) >= 11 is 0. The first kappa shape index (κ1) is 58.7. The molecule has 0 rings (SSSR count). The smallest absolute Gasteiger partial charge is 0.184 e. The Hall–Kier alpha value is 1.38. The van der Waals surface area contributed by atoms with E-state index in [4.69, 9.17) is 40.1 Å². The molecule has 0 bridgehead atoms. The summed E-state index contributed by atoms with van der Waals surface area (Å²) in [4.78, 5) is 0. The Kier molecular flexibility index (Phi) is 27.1. The standard InChI is InChI=1S/C15H38O4Si3.C12H32O3Si3.C9H24O2Si2/c1-16-11-15(12-17-20(2,3)4,13-18-21(5,6)7)14-19-22(8,9)10;1-16(2,3)13-10-12(15-18(7,8)9)11-14-17(4,5)6;1-9(11-13(5,6)7)8-10-12(2,3)4/h11-14H2,1-10H3;12H,10-11H2,1-9H3;9H,8H2,1-7H3. The lowest BCUT2D eigenvalue weighted by molar-refractivity contribution is -0.0317. The molecule has 0 spiro atoms. The monoisotopic (exact) mass is 895 g/mol. The minimum Gasteiger partial charge on any atom is -0.417 e. The predicted octanol–water partition coefficient (Wildman–Crippen LogP) is 11.2. The molecule has 17 heteroatoms. The van der Waals surface area contributed by atoms with Gasteiger partial charge in [0.25, 0.3) is 0 Å². The van der Waals surface area contributed by atoms with Gasteiger partial charge < -0.3 is 40.1 Å². The second-order valence-corrected chi connectivity index (χ2v) is 58.3. The summed E-state index contributed by atoms with van der Waals surface area (Å²) in [5.74, 6) is 0. The first-order valence-corrected chi connectivity index (χ1v) is 47.0. The molecule has 0 heterocycles. The highest BCUT2D eigenvalue weighted by atomic mass is 28.4. The van der Waals surface area contributed by atoms with Crippen LogP contribution in [-0.2, 0) is 40.1 Å². The number of rotatable bonds is 24. The molecular weight excluding hydrogens is 801 g/mol. The van der Waals surface area contributed by atoms with Crippen molar-refractivity contribution in [3.63, 3.8) is 0 Å². The van der Waals surface area contributed by atoms with Crippen LogP contribution >= 0.6 is 0 Å². The third kappa shape index (κ3) is 47.6. The van der Waals surface area contributed by atoms with Crippen molar-refractivity contribution >= 4 is 66.5 Å². The van der Waals surface area contributed by atoms with Crippen LogP contribution in [0.1, 0.15) is 6.92 Å². The second-order valence-electron chi connectivity index (χ2n) is 22.3. The van der Waals surface area contributed by atoms with Crippen LogP contribution in [0.2, 0.25) is 157 Å².